The number of carbonyl (C=O) groups excluding carboxylic acids is 1. The van der Waals surface area contributed by atoms with Gasteiger partial charge in [0.15, 0.2) is 0 Å². The minimum absolute atomic E-state index is 0.259. The summed E-state index contributed by atoms with van der Waals surface area (Å²) < 4.78 is 10.5. The minimum Gasteiger partial charge on any atom is -0.444 e. The molecule has 0 aromatic heterocycles. The lowest BCUT2D eigenvalue weighted by atomic mass is 9.94. The van der Waals surface area contributed by atoms with Crippen LogP contribution in [-0.2, 0) is 9.47 Å². The van der Waals surface area contributed by atoms with Crippen LogP contribution in [0.1, 0.15) is 53.9 Å². The Kier molecular flexibility index (Phi) is 6.85. The van der Waals surface area contributed by atoms with Crippen LogP contribution in [0.5, 0.6) is 0 Å². The number of alkyl carbamates (subject to hydrolysis) is 1. The Morgan fingerprint density at radius 3 is 2.32 bits per heavy atom. The molecule has 5 heteroatoms. The third-order valence-electron chi connectivity index (χ3n) is 3.05. The Morgan fingerprint density at radius 2 is 1.95 bits per heavy atom. The Labute approximate surface area is 116 Å². The molecule has 2 unspecified atom stereocenters. The molecule has 0 heterocycles. The van der Waals surface area contributed by atoms with Crippen LogP contribution >= 0.6 is 0 Å². The van der Waals surface area contributed by atoms with Gasteiger partial charge in [-0.2, -0.15) is 5.26 Å². The SMILES string of the molecule is CCC(C)(CCC(C#N)NC(=O)OC(C)(C)C)OC. The van der Waals surface area contributed by atoms with Crippen molar-refractivity contribution in [1.29, 1.82) is 5.26 Å². The lowest BCUT2D eigenvalue weighted by Crippen LogP contribution is -2.39. The lowest BCUT2D eigenvalue weighted by Gasteiger charge is -2.28. The van der Waals surface area contributed by atoms with E-state index in [4.69, 9.17) is 14.7 Å². The highest BCUT2D eigenvalue weighted by molar-refractivity contribution is 5.68. The van der Waals surface area contributed by atoms with E-state index in [-0.39, 0.29) is 5.60 Å². The number of amides is 1. The molecule has 2 atom stereocenters. The van der Waals surface area contributed by atoms with Crippen molar-refractivity contribution in [3.05, 3.63) is 0 Å². The molecule has 0 saturated heterocycles. The van der Waals surface area contributed by atoms with Crippen molar-refractivity contribution in [1.82, 2.24) is 5.32 Å². The third kappa shape index (κ3) is 7.68. The zero-order valence-corrected chi connectivity index (χ0v) is 12.9. The monoisotopic (exact) mass is 270 g/mol. The van der Waals surface area contributed by atoms with Crippen LogP contribution in [0.25, 0.3) is 0 Å². The molecule has 1 N–H and O–H groups in total. The van der Waals surface area contributed by atoms with Crippen LogP contribution in [-0.4, -0.2) is 30.4 Å². The highest BCUT2D eigenvalue weighted by atomic mass is 16.6. The van der Waals surface area contributed by atoms with Crippen LogP contribution in [0, 0.1) is 11.3 Å². The smallest absolute Gasteiger partial charge is 0.408 e. The summed E-state index contributed by atoms with van der Waals surface area (Å²) in [5.41, 5.74) is -0.820. The third-order valence-corrected chi connectivity index (χ3v) is 3.05. The fraction of sp³-hybridized carbons (Fsp3) is 0.857. The van der Waals surface area contributed by atoms with Crippen LogP contribution in [0.3, 0.4) is 0 Å². The van der Waals surface area contributed by atoms with E-state index in [9.17, 15) is 4.79 Å². The van der Waals surface area contributed by atoms with Gasteiger partial charge in [0.1, 0.15) is 11.6 Å². The van der Waals surface area contributed by atoms with E-state index < -0.39 is 17.7 Å². The fourth-order valence-corrected chi connectivity index (χ4v) is 1.49. The van der Waals surface area contributed by atoms with E-state index >= 15 is 0 Å². The van der Waals surface area contributed by atoms with Gasteiger partial charge in [-0.25, -0.2) is 4.79 Å². The van der Waals surface area contributed by atoms with Crippen LogP contribution in [0.15, 0.2) is 0 Å². The summed E-state index contributed by atoms with van der Waals surface area (Å²) in [6, 6.07) is 1.51. The molecule has 0 aliphatic heterocycles. The van der Waals surface area contributed by atoms with E-state index in [1.54, 1.807) is 27.9 Å². The number of nitriles is 1. The maximum absolute atomic E-state index is 11.6. The quantitative estimate of drug-likeness (QED) is 0.805. The molecule has 5 nitrogen and oxygen atoms in total. The molecule has 0 radical (unpaired) electrons. The van der Waals surface area contributed by atoms with E-state index in [0.717, 1.165) is 6.42 Å². The van der Waals surface area contributed by atoms with Crippen molar-refractivity contribution < 1.29 is 14.3 Å². The van der Waals surface area contributed by atoms with E-state index in [1.165, 1.54) is 0 Å². The van der Waals surface area contributed by atoms with Gasteiger partial charge in [0, 0.05) is 7.11 Å². The summed E-state index contributed by atoms with van der Waals surface area (Å²) in [4.78, 5) is 11.6. The molecule has 0 aromatic carbocycles. The van der Waals surface area contributed by atoms with Gasteiger partial charge in [-0.1, -0.05) is 6.92 Å². The molecule has 0 aliphatic rings. The number of nitrogens with one attached hydrogen (secondary N) is 1. The summed E-state index contributed by atoms with van der Waals surface area (Å²) in [5.74, 6) is 0. The summed E-state index contributed by atoms with van der Waals surface area (Å²) in [7, 11) is 1.66. The van der Waals surface area contributed by atoms with Gasteiger partial charge in [-0.3, -0.25) is 0 Å². The number of hydrogen-bond donors (Lipinski definition) is 1. The summed E-state index contributed by atoms with van der Waals surface area (Å²) >= 11 is 0. The Morgan fingerprint density at radius 1 is 1.37 bits per heavy atom. The first-order valence-electron chi connectivity index (χ1n) is 6.60. The molecule has 0 bridgehead atoms. The standard InChI is InChI=1S/C14H26N2O3/c1-7-14(5,18-6)9-8-11(10-15)16-12(17)19-13(2,3)4/h11H,7-9H2,1-6H3,(H,16,17). The minimum atomic E-state index is -0.561. The number of nitrogens with zero attached hydrogens (tertiary/aromatic N) is 1. The van der Waals surface area contributed by atoms with Crippen LogP contribution < -0.4 is 5.32 Å². The highest BCUT2D eigenvalue weighted by Gasteiger charge is 2.24. The average Bonchev–Trinajstić information content (AvgIpc) is 2.31. The number of hydrogen-bond acceptors (Lipinski definition) is 4. The highest BCUT2D eigenvalue weighted by Crippen LogP contribution is 2.21. The fourth-order valence-electron chi connectivity index (χ4n) is 1.49. The molecule has 110 valence electrons. The predicted octanol–water partition coefficient (Wildman–Crippen LogP) is 3.00. The van der Waals surface area contributed by atoms with E-state index in [0.29, 0.717) is 12.8 Å². The molecular weight excluding hydrogens is 244 g/mol. The molecule has 1 amide bonds. The topological polar surface area (TPSA) is 71.4 Å². The number of carbonyl (C=O) groups is 1. The Hall–Kier alpha value is -1.28. The van der Waals surface area contributed by atoms with Gasteiger partial charge in [0.25, 0.3) is 0 Å². The Balaban J connectivity index is 4.31. The molecular formula is C14H26N2O3. The molecule has 0 fully saturated rings. The molecule has 0 aromatic rings. The maximum atomic E-state index is 11.6. The van der Waals surface area contributed by atoms with Crippen LogP contribution in [0.4, 0.5) is 4.79 Å². The number of ether oxygens (including phenoxy) is 2. The molecule has 19 heavy (non-hydrogen) atoms. The van der Waals surface area contributed by atoms with E-state index in [1.807, 2.05) is 13.8 Å². The Bertz CT molecular complexity index is 325. The van der Waals surface area contributed by atoms with Gasteiger partial charge < -0.3 is 14.8 Å². The number of rotatable bonds is 6. The molecule has 0 spiro atoms. The second-order valence-corrected chi connectivity index (χ2v) is 5.87. The van der Waals surface area contributed by atoms with Crippen molar-refractivity contribution in [3.63, 3.8) is 0 Å². The predicted molar refractivity (Wildman–Crippen MR) is 73.7 cm³/mol. The first-order chi connectivity index (χ1) is 8.65. The van der Waals surface area contributed by atoms with Crippen molar-refractivity contribution in [2.24, 2.45) is 0 Å². The second-order valence-electron chi connectivity index (χ2n) is 5.87. The van der Waals surface area contributed by atoms with Crippen molar-refractivity contribution in [2.75, 3.05) is 7.11 Å². The zero-order valence-electron chi connectivity index (χ0n) is 12.9. The zero-order chi connectivity index (χ0) is 15.1. The van der Waals surface area contributed by atoms with E-state index in [2.05, 4.69) is 11.4 Å². The molecule has 0 rings (SSSR count). The summed E-state index contributed by atoms with van der Waals surface area (Å²) in [6.07, 6.45) is 1.53. The van der Waals surface area contributed by atoms with Gasteiger partial charge in [-0.15, -0.1) is 0 Å². The van der Waals surface area contributed by atoms with Gasteiger partial charge in [0.05, 0.1) is 11.7 Å². The van der Waals surface area contributed by atoms with Gasteiger partial charge >= 0.3 is 6.09 Å². The van der Waals surface area contributed by atoms with Crippen molar-refractivity contribution >= 4 is 6.09 Å². The largest absolute Gasteiger partial charge is 0.444 e. The van der Waals surface area contributed by atoms with Crippen molar-refractivity contribution in [3.8, 4) is 6.07 Å². The first kappa shape index (κ1) is 17.7. The number of methoxy groups -OCH3 is 1. The second kappa shape index (κ2) is 7.34. The maximum Gasteiger partial charge on any atom is 0.408 e. The first-order valence-corrected chi connectivity index (χ1v) is 6.60. The summed E-state index contributed by atoms with van der Waals surface area (Å²) in [6.45, 7) is 9.38. The lowest BCUT2D eigenvalue weighted by molar-refractivity contribution is -0.00721. The normalized spacial score (nSPS) is 16.1. The van der Waals surface area contributed by atoms with Gasteiger partial charge in [0.2, 0.25) is 0 Å². The van der Waals surface area contributed by atoms with Crippen LogP contribution in [0.2, 0.25) is 0 Å². The van der Waals surface area contributed by atoms with Gasteiger partial charge in [-0.05, 0) is 47.0 Å². The molecule has 0 saturated carbocycles. The summed E-state index contributed by atoms with van der Waals surface area (Å²) in [5, 5.41) is 11.6. The average molecular weight is 270 g/mol. The molecule has 0 aliphatic carbocycles. The van der Waals surface area contributed by atoms with Crippen molar-refractivity contribution in [2.45, 2.75) is 71.1 Å².